The molecule has 1 atom stereocenters. The van der Waals surface area contributed by atoms with Gasteiger partial charge in [-0.1, -0.05) is 12.1 Å². The van der Waals surface area contributed by atoms with Crippen LogP contribution in [0.1, 0.15) is 30.5 Å². The maximum absolute atomic E-state index is 12.3. The molecule has 0 N–H and O–H groups in total. The van der Waals surface area contributed by atoms with Crippen molar-refractivity contribution in [3.05, 3.63) is 53.1 Å². The molecule has 2 aromatic carbocycles. The topological polar surface area (TPSA) is 69.6 Å². The number of ether oxygens (including phenoxy) is 4. The Bertz CT molecular complexity index is 1030. The number of carbonyl (C=O) groups excluding carboxylic acids is 1. The number of rotatable bonds is 6. The molecule has 1 aliphatic rings. The van der Waals surface area contributed by atoms with Gasteiger partial charge in [-0.2, -0.15) is 5.10 Å². The summed E-state index contributed by atoms with van der Waals surface area (Å²) in [7, 11) is 6.40. The van der Waals surface area contributed by atoms with E-state index >= 15 is 0 Å². The van der Waals surface area contributed by atoms with Crippen molar-refractivity contribution in [3.63, 3.8) is 0 Å². The molecule has 1 heterocycles. The zero-order valence-electron chi connectivity index (χ0n) is 18.8. The fourth-order valence-electron chi connectivity index (χ4n) is 3.72. The van der Waals surface area contributed by atoms with E-state index in [0.717, 1.165) is 16.7 Å². The van der Waals surface area contributed by atoms with Gasteiger partial charge in [0.25, 0.3) is 0 Å². The molecular weight excluding hydrogens is 396 g/mol. The third kappa shape index (κ3) is 4.50. The number of hydrazone groups is 1. The maximum Gasteiger partial charge on any atom is 0.239 e. The standard InChI is InChI=1S/C24H28N2O5/c1-15-12-18-13-22(29-4)23(30-5)14-19(18)20(25-26(15)16(2)27)11-10-17-8-7-9-21(28-3)24(17)31-6/h7-11,13-15H,12H2,1-6H3. The average molecular weight is 424 g/mol. The fraction of sp³-hybridized carbons (Fsp3) is 0.333. The maximum atomic E-state index is 12.3. The molecule has 0 aliphatic carbocycles. The molecule has 0 aromatic heterocycles. The molecule has 31 heavy (non-hydrogen) atoms. The molecule has 0 fully saturated rings. The van der Waals surface area contributed by atoms with Gasteiger partial charge in [-0.05, 0) is 49.3 Å². The van der Waals surface area contributed by atoms with Crippen LogP contribution in [0.15, 0.2) is 41.5 Å². The molecule has 0 radical (unpaired) electrons. The van der Waals surface area contributed by atoms with E-state index in [0.29, 0.717) is 35.1 Å². The molecule has 3 rings (SSSR count). The van der Waals surface area contributed by atoms with Crippen LogP contribution < -0.4 is 18.9 Å². The van der Waals surface area contributed by atoms with Crippen LogP contribution in [0.4, 0.5) is 0 Å². The number of fused-ring (bicyclic) bond motifs is 1. The van der Waals surface area contributed by atoms with Crippen LogP contribution in [-0.4, -0.2) is 51.1 Å². The second-order valence-electron chi connectivity index (χ2n) is 7.18. The van der Waals surface area contributed by atoms with E-state index in [9.17, 15) is 4.79 Å². The van der Waals surface area contributed by atoms with Gasteiger partial charge in [0.2, 0.25) is 5.91 Å². The summed E-state index contributed by atoms with van der Waals surface area (Å²) in [4.78, 5) is 12.3. The first-order valence-corrected chi connectivity index (χ1v) is 9.96. The Kier molecular flexibility index (Phi) is 6.84. The Morgan fingerprint density at radius 2 is 1.68 bits per heavy atom. The van der Waals surface area contributed by atoms with Crippen LogP contribution in [0.2, 0.25) is 0 Å². The van der Waals surface area contributed by atoms with Crippen molar-refractivity contribution < 1.29 is 23.7 Å². The number of hydrogen-bond acceptors (Lipinski definition) is 6. The monoisotopic (exact) mass is 424 g/mol. The summed E-state index contributed by atoms with van der Waals surface area (Å²) in [6.07, 6.45) is 4.41. The molecule has 2 aromatic rings. The Balaban J connectivity index is 2.16. The van der Waals surface area contributed by atoms with E-state index in [4.69, 9.17) is 18.9 Å². The molecule has 1 amide bonds. The minimum atomic E-state index is -0.121. The molecule has 1 aliphatic heterocycles. The quantitative estimate of drug-likeness (QED) is 0.703. The molecule has 0 spiro atoms. The van der Waals surface area contributed by atoms with Crippen molar-refractivity contribution in [2.24, 2.45) is 5.10 Å². The third-order valence-electron chi connectivity index (χ3n) is 5.21. The van der Waals surface area contributed by atoms with Gasteiger partial charge in [-0.15, -0.1) is 0 Å². The van der Waals surface area contributed by atoms with Gasteiger partial charge < -0.3 is 18.9 Å². The van der Waals surface area contributed by atoms with Crippen molar-refractivity contribution in [1.82, 2.24) is 5.01 Å². The molecule has 164 valence electrons. The van der Waals surface area contributed by atoms with Crippen LogP contribution in [0.5, 0.6) is 23.0 Å². The van der Waals surface area contributed by atoms with E-state index in [1.165, 1.54) is 11.9 Å². The predicted octanol–water partition coefficient (Wildman–Crippen LogP) is 3.93. The molecule has 7 heteroatoms. The van der Waals surface area contributed by atoms with Gasteiger partial charge in [0.05, 0.1) is 40.2 Å². The number of benzene rings is 2. The third-order valence-corrected chi connectivity index (χ3v) is 5.21. The number of nitrogens with zero attached hydrogens (tertiary/aromatic N) is 2. The first-order valence-electron chi connectivity index (χ1n) is 9.96. The highest BCUT2D eigenvalue weighted by Gasteiger charge is 2.25. The second-order valence-corrected chi connectivity index (χ2v) is 7.18. The smallest absolute Gasteiger partial charge is 0.239 e. The fourth-order valence-corrected chi connectivity index (χ4v) is 3.72. The predicted molar refractivity (Wildman–Crippen MR) is 120 cm³/mol. The van der Waals surface area contributed by atoms with Crippen LogP contribution in [-0.2, 0) is 11.2 Å². The van der Waals surface area contributed by atoms with Gasteiger partial charge in [-0.25, -0.2) is 5.01 Å². The number of amides is 1. The van der Waals surface area contributed by atoms with Crippen LogP contribution in [0.25, 0.3) is 6.08 Å². The first-order chi connectivity index (χ1) is 14.9. The van der Waals surface area contributed by atoms with E-state index in [2.05, 4.69) is 5.10 Å². The van der Waals surface area contributed by atoms with E-state index < -0.39 is 0 Å². The van der Waals surface area contributed by atoms with E-state index in [-0.39, 0.29) is 11.9 Å². The number of carbonyl (C=O) groups is 1. The number of hydrogen-bond donors (Lipinski definition) is 0. The summed E-state index contributed by atoms with van der Waals surface area (Å²) >= 11 is 0. The minimum Gasteiger partial charge on any atom is -0.493 e. The lowest BCUT2D eigenvalue weighted by Gasteiger charge is -2.21. The molecule has 7 nitrogen and oxygen atoms in total. The lowest BCUT2D eigenvalue weighted by Crippen LogP contribution is -2.33. The number of allylic oxidation sites excluding steroid dienone is 1. The molecule has 0 bridgehead atoms. The largest absolute Gasteiger partial charge is 0.493 e. The van der Waals surface area contributed by atoms with Crippen molar-refractivity contribution in [1.29, 1.82) is 0 Å². The van der Waals surface area contributed by atoms with Gasteiger partial charge >= 0.3 is 0 Å². The van der Waals surface area contributed by atoms with Crippen LogP contribution in [0.3, 0.4) is 0 Å². The Morgan fingerprint density at radius 3 is 2.29 bits per heavy atom. The highest BCUT2D eigenvalue weighted by atomic mass is 16.5. The Morgan fingerprint density at radius 1 is 1.00 bits per heavy atom. The highest BCUT2D eigenvalue weighted by Crippen LogP contribution is 2.35. The summed E-state index contributed by atoms with van der Waals surface area (Å²) in [5, 5.41) is 6.20. The van der Waals surface area contributed by atoms with E-state index in [1.807, 2.05) is 49.4 Å². The second kappa shape index (κ2) is 9.55. The summed E-state index contributed by atoms with van der Waals surface area (Å²) in [6.45, 7) is 3.49. The van der Waals surface area contributed by atoms with Gasteiger partial charge in [0.1, 0.15) is 0 Å². The summed E-state index contributed by atoms with van der Waals surface area (Å²) < 4.78 is 21.9. The van der Waals surface area contributed by atoms with Crippen molar-refractivity contribution >= 4 is 17.7 Å². The van der Waals surface area contributed by atoms with Crippen molar-refractivity contribution in [2.75, 3.05) is 28.4 Å². The summed E-state index contributed by atoms with van der Waals surface area (Å²) in [5.74, 6) is 2.38. The van der Waals surface area contributed by atoms with Crippen LogP contribution in [0, 0.1) is 0 Å². The summed E-state index contributed by atoms with van der Waals surface area (Å²) in [5.41, 5.74) is 3.37. The van der Waals surface area contributed by atoms with Gasteiger partial charge in [-0.3, -0.25) is 4.79 Å². The summed E-state index contributed by atoms with van der Waals surface area (Å²) in [6, 6.07) is 9.40. The highest BCUT2D eigenvalue weighted by molar-refractivity contribution is 6.12. The van der Waals surface area contributed by atoms with Crippen LogP contribution >= 0.6 is 0 Å². The average Bonchev–Trinajstić information content (AvgIpc) is 2.91. The van der Waals surface area contributed by atoms with Crippen molar-refractivity contribution in [2.45, 2.75) is 26.3 Å². The molecular formula is C24H28N2O5. The SMILES string of the molecule is COc1cc2c(cc1OC)C(C=Cc1cccc(OC)c1OC)=NN(C(C)=O)C(C)C2. The Labute approximate surface area is 182 Å². The number of methoxy groups -OCH3 is 4. The Hall–Kier alpha value is -3.48. The zero-order valence-corrected chi connectivity index (χ0v) is 18.8. The van der Waals surface area contributed by atoms with Gasteiger partial charge in [0, 0.05) is 18.1 Å². The number of para-hydroxylation sites is 1. The normalized spacial score (nSPS) is 15.7. The van der Waals surface area contributed by atoms with Gasteiger partial charge in [0.15, 0.2) is 23.0 Å². The first kappa shape index (κ1) is 22.2. The lowest BCUT2D eigenvalue weighted by atomic mass is 9.96. The lowest BCUT2D eigenvalue weighted by molar-refractivity contribution is -0.130. The van der Waals surface area contributed by atoms with Crippen molar-refractivity contribution in [3.8, 4) is 23.0 Å². The van der Waals surface area contributed by atoms with E-state index in [1.54, 1.807) is 28.4 Å². The zero-order chi connectivity index (χ0) is 22.5. The molecule has 0 saturated carbocycles. The molecule has 0 saturated heterocycles. The molecule has 1 unspecified atom stereocenters. The minimum absolute atomic E-state index is 0.105.